The van der Waals surface area contributed by atoms with Crippen LogP contribution in [0, 0.1) is 33.5 Å². The van der Waals surface area contributed by atoms with Crippen molar-refractivity contribution in [3.05, 3.63) is 36.3 Å². The fraction of sp³-hybridized carbons (Fsp3) is 0.679. The molecule has 3 aliphatic carbocycles. The van der Waals surface area contributed by atoms with Gasteiger partial charge in [0, 0.05) is 28.7 Å². The lowest BCUT2D eigenvalue weighted by molar-refractivity contribution is -0.251. The molecule has 1 aromatic heterocycles. The number of cyclic esters (lactones) is 1. The van der Waals surface area contributed by atoms with Crippen molar-refractivity contribution >= 4 is 17.7 Å². The quantitative estimate of drug-likeness (QED) is 0.450. The molecule has 2 aliphatic heterocycles. The lowest BCUT2D eigenvalue weighted by Crippen LogP contribution is -2.72. The van der Waals surface area contributed by atoms with Crippen molar-refractivity contribution in [3.8, 4) is 0 Å². The molecule has 7 heteroatoms. The smallest absolute Gasteiger partial charge is 0.339 e. The Kier molecular flexibility index (Phi) is 4.38. The SMILES string of the molecule is CC(=O)O[C@@H]1C[C@@H]2C(C)(C)C(=O)C=C[C@]2(C)[C@H]2CC[C@@]3(C)[C@@H](c4ccoc4)OC(=O)[C@@H]4O[C@@]43[C@@]21C. The Morgan fingerprint density at radius 2 is 1.83 bits per heavy atom. The summed E-state index contributed by atoms with van der Waals surface area (Å²) in [5.41, 5.74) is -2.15. The highest BCUT2D eigenvalue weighted by atomic mass is 16.7. The third kappa shape index (κ3) is 2.48. The molecular weight excluding hydrogens is 448 g/mol. The molecule has 0 N–H and O–H groups in total. The summed E-state index contributed by atoms with van der Waals surface area (Å²) in [4.78, 5) is 38.6. The van der Waals surface area contributed by atoms with Gasteiger partial charge in [0.15, 0.2) is 11.9 Å². The second kappa shape index (κ2) is 6.67. The van der Waals surface area contributed by atoms with Gasteiger partial charge in [-0.3, -0.25) is 9.59 Å². The third-order valence-corrected chi connectivity index (χ3v) is 10.8. The van der Waals surface area contributed by atoms with Crippen molar-refractivity contribution in [1.29, 1.82) is 0 Å². The largest absolute Gasteiger partial charge is 0.472 e. The molecule has 2 saturated heterocycles. The Morgan fingerprint density at radius 3 is 2.49 bits per heavy atom. The summed E-state index contributed by atoms with van der Waals surface area (Å²) in [6, 6.07) is 1.84. The Balaban J connectivity index is 1.55. The predicted octanol–water partition coefficient (Wildman–Crippen LogP) is 4.56. The molecule has 0 amide bonds. The maximum Gasteiger partial charge on any atom is 0.339 e. The standard InChI is InChI=1S/C28H34O7/c1-15(29)33-20-13-18-24(2,3)19(30)8-10-25(18,4)17-7-11-26(5)21(16-9-12-32-14-16)34-23(31)22-28(26,35-22)27(17,20)6/h8-10,12,14,17-18,20-22H,7,11,13H2,1-6H3/t17-,18-,20-,21-,22+,25-,26+,27+,28+/m1/s1. The van der Waals surface area contributed by atoms with Crippen LogP contribution in [0.25, 0.3) is 0 Å². The summed E-state index contributed by atoms with van der Waals surface area (Å²) in [5.74, 6) is -0.603. The first kappa shape index (κ1) is 23.0. The Bertz CT molecular complexity index is 1150. The van der Waals surface area contributed by atoms with E-state index in [1.54, 1.807) is 18.6 Å². The fourth-order valence-electron chi connectivity index (χ4n) is 9.20. The van der Waals surface area contributed by atoms with Crippen LogP contribution in [0.2, 0.25) is 0 Å². The van der Waals surface area contributed by atoms with Crippen molar-refractivity contribution in [3.63, 3.8) is 0 Å². The normalized spacial score (nSPS) is 49.1. The van der Waals surface area contributed by atoms with Gasteiger partial charge < -0.3 is 18.6 Å². The molecule has 35 heavy (non-hydrogen) atoms. The molecule has 4 fully saturated rings. The molecule has 2 saturated carbocycles. The van der Waals surface area contributed by atoms with E-state index < -0.39 is 40.2 Å². The molecule has 6 rings (SSSR count). The van der Waals surface area contributed by atoms with E-state index in [0.717, 1.165) is 18.4 Å². The van der Waals surface area contributed by atoms with Crippen LogP contribution in [-0.4, -0.2) is 35.5 Å². The van der Waals surface area contributed by atoms with Crippen LogP contribution in [0.15, 0.2) is 35.2 Å². The van der Waals surface area contributed by atoms with Crippen LogP contribution in [0.4, 0.5) is 0 Å². The van der Waals surface area contributed by atoms with E-state index >= 15 is 0 Å². The van der Waals surface area contributed by atoms with E-state index in [1.807, 2.05) is 19.9 Å². The Morgan fingerprint density at radius 1 is 1.09 bits per heavy atom. The molecule has 0 bridgehead atoms. The summed E-state index contributed by atoms with van der Waals surface area (Å²) in [6.45, 7) is 12.0. The molecule has 188 valence electrons. The average molecular weight is 483 g/mol. The van der Waals surface area contributed by atoms with Crippen LogP contribution >= 0.6 is 0 Å². The molecule has 0 aromatic carbocycles. The molecule has 1 spiro atoms. The molecule has 9 atom stereocenters. The van der Waals surface area contributed by atoms with Crippen molar-refractivity contribution in [1.82, 2.24) is 0 Å². The zero-order valence-electron chi connectivity index (χ0n) is 21.3. The van der Waals surface area contributed by atoms with E-state index in [1.165, 1.54) is 6.92 Å². The number of ether oxygens (including phenoxy) is 3. The van der Waals surface area contributed by atoms with E-state index in [0.29, 0.717) is 6.42 Å². The number of rotatable bonds is 2. The molecule has 0 radical (unpaired) electrons. The first-order valence-corrected chi connectivity index (χ1v) is 12.7. The monoisotopic (exact) mass is 482 g/mol. The highest BCUT2D eigenvalue weighted by molar-refractivity contribution is 5.95. The molecule has 3 heterocycles. The third-order valence-electron chi connectivity index (χ3n) is 10.8. The molecule has 0 unspecified atom stereocenters. The van der Waals surface area contributed by atoms with Crippen molar-refractivity contribution in [2.24, 2.45) is 33.5 Å². The number of furan rings is 1. The lowest BCUT2D eigenvalue weighted by atomic mass is 9.35. The van der Waals surface area contributed by atoms with Crippen molar-refractivity contribution in [2.75, 3.05) is 0 Å². The average Bonchev–Trinajstić information content (AvgIpc) is 3.35. The number of carbonyl (C=O) groups is 3. The lowest BCUT2D eigenvalue weighted by Gasteiger charge is -2.68. The highest BCUT2D eigenvalue weighted by Crippen LogP contribution is 2.79. The van der Waals surface area contributed by atoms with Crippen LogP contribution in [0.5, 0.6) is 0 Å². The number of epoxide rings is 1. The topological polar surface area (TPSA) is 95.3 Å². The minimum absolute atomic E-state index is 0.00639. The number of carbonyl (C=O) groups excluding carboxylic acids is 3. The second-order valence-electron chi connectivity index (χ2n) is 12.6. The number of esters is 2. The fourth-order valence-corrected chi connectivity index (χ4v) is 9.20. The minimum Gasteiger partial charge on any atom is -0.472 e. The van der Waals surface area contributed by atoms with E-state index in [4.69, 9.17) is 18.6 Å². The van der Waals surface area contributed by atoms with Gasteiger partial charge in [0.05, 0.1) is 12.5 Å². The van der Waals surface area contributed by atoms with E-state index in [-0.39, 0.29) is 35.0 Å². The van der Waals surface area contributed by atoms with Gasteiger partial charge in [-0.2, -0.15) is 0 Å². The Labute approximate surface area is 205 Å². The summed E-state index contributed by atoms with van der Waals surface area (Å²) in [7, 11) is 0. The second-order valence-corrected chi connectivity index (χ2v) is 12.6. The van der Waals surface area contributed by atoms with Gasteiger partial charge in [0.1, 0.15) is 17.8 Å². The van der Waals surface area contributed by atoms with Gasteiger partial charge in [0.25, 0.3) is 0 Å². The zero-order valence-corrected chi connectivity index (χ0v) is 21.3. The molecule has 1 aromatic rings. The number of ketones is 1. The molecular formula is C28H34O7. The maximum absolute atomic E-state index is 13.2. The van der Waals surface area contributed by atoms with Gasteiger partial charge >= 0.3 is 11.9 Å². The van der Waals surface area contributed by atoms with Crippen molar-refractivity contribution < 1.29 is 33.0 Å². The summed E-state index contributed by atoms with van der Waals surface area (Å²) >= 11 is 0. The summed E-state index contributed by atoms with van der Waals surface area (Å²) < 4.78 is 24.0. The van der Waals surface area contributed by atoms with Crippen LogP contribution in [-0.2, 0) is 28.6 Å². The van der Waals surface area contributed by atoms with Crippen LogP contribution in [0.1, 0.15) is 72.5 Å². The van der Waals surface area contributed by atoms with E-state index in [2.05, 4.69) is 26.8 Å². The minimum atomic E-state index is -0.853. The van der Waals surface area contributed by atoms with Gasteiger partial charge in [-0.1, -0.05) is 40.7 Å². The predicted molar refractivity (Wildman–Crippen MR) is 124 cm³/mol. The van der Waals surface area contributed by atoms with Gasteiger partial charge in [-0.05, 0) is 48.7 Å². The molecule has 7 nitrogen and oxygen atoms in total. The van der Waals surface area contributed by atoms with E-state index in [9.17, 15) is 14.4 Å². The number of allylic oxidation sites excluding steroid dienone is 2. The Hall–Kier alpha value is -2.41. The zero-order chi connectivity index (χ0) is 25.2. The van der Waals surface area contributed by atoms with Crippen molar-refractivity contribution in [2.45, 2.75) is 84.7 Å². The highest BCUT2D eigenvalue weighted by Gasteiger charge is 2.88. The summed E-state index contributed by atoms with van der Waals surface area (Å²) in [6.07, 6.45) is 7.46. The maximum atomic E-state index is 13.2. The molecule has 5 aliphatic rings. The summed E-state index contributed by atoms with van der Waals surface area (Å²) in [5, 5.41) is 0. The van der Waals surface area contributed by atoms with Gasteiger partial charge in [0.2, 0.25) is 0 Å². The number of fused-ring (bicyclic) bond motifs is 3. The van der Waals surface area contributed by atoms with Crippen LogP contribution < -0.4 is 0 Å². The number of hydrogen-bond donors (Lipinski definition) is 0. The van der Waals surface area contributed by atoms with Gasteiger partial charge in [-0.15, -0.1) is 0 Å². The number of hydrogen-bond acceptors (Lipinski definition) is 7. The first-order chi connectivity index (χ1) is 16.3. The van der Waals surface area contributed by atoms with Crippen LogP contribution in [0.3, 0.4) is 0 Å². The first-order valence-electron chi connectivity index (χ1n) is 12.7. The van der Waals surface area contributed by atoms with Gasteiger partial charge in [-0.25, -0.2) is 4.79 Å².